The predicted molar refractivity (Wildman–Crippen MR) is 29.4 cm³/mol. The summed E-state index contributed by atoms with van der Waals surface area (Å²) >= 11 is 0. The molecule has 0 heterocycles. The largest absolute Gasteiger partial charge is 0.464 e. The van der Waals surface area contributed by atoms with E-state index in [9.17, 15) is 18.0 Å². The molecule has 0 aromatic heterocycles. The Morgan fingerprint density at radius 3 is 1.36 bits per heavy atom. The summed E-state index contributed by atoms with van der Waals surface area (Å²) in [5, 5.41) is 15.8. The Balaban J connectivity index is 4.94. The van der Waals surface area contributed by atoms with E-state index >= 15 is 0 Å². The summed E-state index contributed by atoms with van der Waals surface area (Å²) in [5.41, 5.74) is 0. The van der Waals surface area contributed by atoms with Crippen molar-refractivity contribution in [2.24, 2.45) is 0 Å². The van der Waals surface area contributed by atoms with Crippen LogP contribution in [0.15, 0.2) is 0 Å². The summed E-state index contributed by atoms with van der Waals surface area (Å²) in [6.07, 6.45) is -4.58. The number of hydrogen-bond donors (Lipinski definition) is 3. The van der Waals surface area contributed by atoms with Crippen molar-refractivity contribution in [3.05, 3.63) is 0 Å². The molecule has 0 bridgehead atoms. The summed E-state index contributed by atoms with van der Waals surface area (Å²) in [4.78, 5) is 19.6. The van der Waals surface area contributed by atoms with Gasteiger partial charge in [0.1, 0.15) is 0 Å². The van der Waals surface area contributed by atoms with Gasteiger partial charge < -0.3 is 10.2 Å². The second-order valence-electron chi connectivity index (χ2n) is 1.31. The molecule has 64 valence electrons. The molecule has 0 aliphatic carbocycles. The van der Waals surface area contributed by atoms with E-state index in [-0.39, 0.29) is 0 Å². The Morgan fingerprint density at radius 1 is 1.09 bits per heavy atom. The minimum atomic E-state index is -5.23. The van der Waals surface area contributed by atoms with Crippen molar-refractivity contribution < 1.29 is 32.8 Å². The highest BCUT2D eigenvalue weighted by Crippen LogP contribution is 1.97. The molecule has 0 spiro atoms. The van der Waals surface area contributed by atoms with Crippen LogP contribution in [0.25, 0.3) is 0 Å². The highest BCUT2D eigenvalue weighted by Gasteiger charge is 2.31. The van der Waals surface area contributed by atoms with Crippen LogP contribution in [-0.2, 0) is 10.3 Å². The van der Waals surface area contributed by atoms with Crippen LogP contribution in [0.5, 0.6) is 0 Å². The molecule has 3 N–H and O–H groups in total. The standard InChI is InChI=1S/C2H3NO7S/c4-1(5)3(2(6)7)11(8,9)10/h(H,4,5)(H,6,7)(H,8,9,10). The monoisotopic (exact) mass is 185 g/mol. The van der Waals surface area contributed by atoms with Gasteiger partial charge >= 0.3 is 22.5 Å². The van der Waals surface area contributed by atoms with Crippen LogP contribution in [-0.4, -0.2) is 39.7 Å². The van der Waals surface area contributed by atoms with Crippen molar-refractivity contribution in [1.29, 1.82) is 0 Å². The Bertz CT molecular complexity index is 263. The predicted octanol–water partition coefficient (Wildman–Crippen LogP) is -0.553. The van der Waals surface area contributed by atoms with Crippen LogP contribution in [0.1, 0.15) is 0 Å². The number of amides is 2. The molecule has 2 amide bonds. The van der Waals surface area contributed by atoms with Gasteiger partial charge in [0.25, 0.3) is 0 Å². The number of hydrogen-bond acceptors (Lipinski definition) is 4. The topological polar surface area (TPSA) is 132 Å². The fraction of sp³-hybridized carbons (Fsp3) is 0. The van der Waals surface area contributed by atoms with Gasteiger partial charge in [-0.2, -0.15) is 8.42 Å². The third kappa shape index (κ3) is 2.39. The van der Waals surface area contributed by atoms with Gasteiger partial charge in [0.2, 0.25) is 0 Å². The van der Waals surface area contributed by atoms with Crippen molar-refractivity contribution in [3.8, 4) is 0 Å². The molecule has 11 heavy (non-hydrogen) atoms. The zero-order chi connectivity index (χ0) is 9.23. The van der Waals surface area contributed by atoms with Crippen molar-refractivity contribution in [2.45, 2.75) is 0 Å². The molecular formula is C2H3NO7S. The van der Waals surface area contributed by atoms with Gasteiger partial charge in [0.05, 0.1) is 0 Å². The second-order valence-corrected chi connectivity index (χ2v) is 2.57. The lowest BCUT2D eigenvalue weighted by Crippen LogP contribution is -2.39. The molecule has 0 aliphatic heterocycles. The summed E-state index contributed by atoms with van der Waals surface area (Å²) in [7, 11) is -5.23. The Labute approximate surface area is 60.5 Å². The molecule has 0 aromatic carbocycles. The van der Waals surface area contributed by atoms with Crippen LogP contribution in [0.2, 0.25) is 0 Å². The summed E-state index contributed by atoms with van der Waals surface area (Å²) in [5.74, 6) is 0. The third-order valence-corrected chi connectivity index (χ3v) is 1.35. The first-order chi connectivity index (χ1) is 4.76. The van der Waals surface area contributed by atoms with Gasteiger partial charge in [-0.25, -0.2) is 9.59 Å². The van der Waals surface area contributed by atoms with Crippen molar-refractivity contribution >= 4 is 22.5 Å². The van der Waals surface area contributed by atoms with E-state index in [1.807, 2.05) is 0 Å². The van der Waals surface area contributed by atoms with Crippen LogP contribution < -0.4 is 0 Å². The zero-order valence-corrected chi connectivity index (χ0v) is 5.65. The second kappa shape index (κ2) is 2.72. The maximum absolute atomic E-state index is 9.93. The van der Waals surface area contributed by atoms with Gasteiger partial charge in [0, 0.05) is 0 Å². The molecular weight excluding hydrogens is 182 g/mol. The van der Waals surface area contributed by atoms with Crippen molar-refractivity contribution in [3.63, 3.8) is 0 Å². The summed E-state index contributed by atoms with van der Waals surface area (Å²) in [6.45, 7) is 0. The lowest BCUT2D eigenvalue weighted by atomic mass is 11.0. The maximum Gasteiger partial charge on any atom is 0.432 e. The van der Waals surface area contributed by atoms with Crippen LogP contribution >= 0.6 is 0 Å². The molecule has 0 aromatic rings. The Hall–Kier alpha value is -1.35. The maximum atomic E-state index is 9.93. The summed E-state index contributed by atoms with van der Waals surface area (Å²) in [6, 6.07) is 0. The van der Waals surface area contributed by atoms with Gasteiger partial charge in [-0.1, -0.05) is 4.31 Å². The number of nitrogens with zero attached hydrogens (tertiary/aromatic N) is 1. The van der Waals surface area contributed by atoms with E-state index in [0.29, 0.717) is 0 Å². The fourth-order valence-electron chi connectivity index (χ4n) is 0.279. The van der Waals surface area contributed by atoms with Gasteiger partial charge in [-0.3, -0.25) is 4.55 Å². The SMILES string of the molecule is O=C(O)N(C(=O)O)S(=O)(=O)O. The van der Waals surface area contributed by atoms with Crippen LogP contribution in [0.3, 0.4) is 0 Å². The van der Waals surface area contributed by atoms with Gasteiger partial charge in [0.15, 0.2) is 0 Å². The first-order valence-corrected chi connectivity index (χ1v) is 3.40. The molecule has 0 rings (SSSR count). The molecule has 0 atom stereocenters. The number of carboxylic acid groups (broad SMARTS) is 2. The van der Waals surface area contributed by atoms with E-state index in [1.165, 1.54) is 0 Å². The average Bonchev–Trinajstić information content (AvgIpc) is 1.54. The molecule has 8 nitrogen and oxygen atoms in total. The van der Waals surface area contributed by atoms with E-state index in [2.05, 4.69) is 0 Å². The molecule has 9 heteroatoms. The highest BCUT2D eigenvalue weighted by molar-refractivity contribution is 7.84. The minimum Gasteiger partial charge on any atom is -0.464 e. The van der Waals surface area contributed by atoms with Gasteiger partial charge in [-0.15, -0.1) is 0 Å². The quantitative estimate of drug-likeness (QED) is 0.466. The van der Waals surface area contributed by atoms with E-state index in [4.69, 9.17) is 14.8 Å². The molecule has 0 aliphatic rings. The van der Waals surface area contributed by atoms with Crippen molar-refractivity contribution in [1.82, 2.24) is 4.31 Å². The smallest absolute Gasteiger partial charge is 0.432 e. The molecule has 0 saturated carbocycles. The van der Waals surface area contributed by atoms with E-state index in [1.54, 1.807) is 0 Å². The number of rotatable bonds is 1. The first-order valence-electron chi connectivity index (χ1n) is 2.00. The first kappa shape index (κ1) is 9.65. The Kier molecular flexibility index (Phi) is 2.38. The minimum absolute atomic E-state index is 1.12. The zero-order valence-electron chi connectivity index (χ0n) is 4.83. The van der Waals surface area contributed by atoms with Crippen LogP contribution in [0.4, 0.5) is 9.59 Å². The highest BCUT2D eigenvalue weighted by atomic mass is 32.2. The lowest BCUT2D eigenvalue weighted by molar-refractivity contribution is 0.145. The number of imide groups is 1. The molecule has 0 unspecified atom stereocenters. The molecule has 0 saturated heterocycles. The average molecular weight is 185 g/mol. The van der Waals surface area contributed by atoms with E-state index in [0.717, 1.165) is 0 Å². The van der Waals surface area contributed by atoms with Crippen molar-refractivity contribution in [2.75, 3.05) is 0 Å². The normalized spacial score (nSPS) is 10.6. The molecule has 0 fully saturated rings. The third-order valence-electron chi connectivity index (χ3n) is 0.578. The van der Waals surface area contributed by atoms with Crippen LogP contribution in [0, 0.1) is 0 Å². The number of carbonyl (C=O) groups is 2. The summed E-state index contributed by atoms with van der Waals surface area (Å²) < 4.78 is 26.7. The Morgan fingerprint density at radius 2 is 1.36 bits per heavy atom. The van der Waals surface area contributed by atoms with E-state index < -0.39 is 26.8 Å². The lowest BCUT2D eigenvalue weighted by Gasteiger charge is -2.06. The molecule has 0 radical (unpaired) electrons. The fourth-order valence-corrected chi connectivity index (χ4v) is 0.674. The van der Waals surface area contributed by atoms with Gasteiger partial charge in [-0.05, 0) is 0 Å².